The van der Waals surface area contributed by atoms with E-state index in [0.717, 1.165) is 50.7 Å². The summed E-state index contributed by atoms with van der Waals surface area (Å²) in [6.07, 6.45) is 6.75. The van der Waals surface area contributed by atoms with Gasteiger partial charge in [0.25, 0.3) is 0 Å². The van der Waals surface area contributed by atoms with E-state index in [1.54, 1.807) is 7.11 Å². The van der Waals surface area contributed by atoms with E-state index in [1.165, 1.54) is 31.2 Å². The van der Waals surface area contributed by atoms with Crippen LogP contribution in [0, 0.1) is 5.92 Å². The number of nitrogens with zero attached hydrogens (tertiary/aromatic N) is 2. The molecule has 0 unspecified atom stereocenters. The number of hydrogen-bond acceptors (Lipinski definition) is 3. The molecule has 1 aliphatic carbocycles. The number of amides is 1. The lowest BCUT2D eigenvalue weighted by atomic mass is 9.79. The maximum atomic E-state index is 12.3. The number of hydrogen-bond donors (Lipinski definition) is 2. The van der Waals surface area contributed by atoms with Crippen molar-refractivity contribution < 1.29 is 9.53 Å². The number of methoxy groups -OCH3 is 1. The molecule has 0 spiro atoms. The normalized spacial score (nSPS) is 19.5. The van der Waals surface area contributed by atoms with Gasteiger partial charge in [-0.3, -0.25) is 9.79 Å². The van der Waals surface area contributed by atoms with E-state index >= 15 is 0 Å². The Bertz CT molecular complexity index is 748. The molecule has 1 saturated carbocycles. The Hall–Kier alpha value is -2.24. The van der Waals surface area contributed by atoms with E-state index in [4.69, 9.17) is 9.73 Å². The van der Waals surface area contributed by atoms with Gasteiger partial charge in [0.05, 0.1) is 13.7 Å². The van der Waals surface area contributed by atoms with Gasteiger partial charge in [-0.15, -0.1) is 0 Å². The Morgan fingerprint density at radius 2 is 1.97 bits per heavy atom. The first-order chi connectivity index (χ1) is 15.0. The molecule has 1 heterocycles. The molecule has 0 aromatic heterocycles. The van der Waals surface area contributed by atoms with E-state index in [1.807, 2.05) is 24.8 Å². The van der Waals surface area contributed by atoms with Gasteiger partial charge in [0.15, 0.2) is 5.96 Å². The maximum absolute atomic E-state index is 12.3. The fourth-order valence-corrected chi connectivity index (χ4v) is 4.90. The molecule has 31 heavy (non-hydrogen) atoms. The number of benzene rings is 1. The van der Waals surface area contributed by atoms with Crippen molar-refractivity contribution in [3.05, 3.63) is 29.8 Å². The molecule has 1 aromatic rings. The van der Waals surface area contributed by atoms with E-state index in [0.29, 0.717) is 6.04 Å². The summed E-state index contributed by atoms with van der Waals surface area (Å²) in [7, 11) is 1.73. The van der Waals surface area contributed by atoms with E-state index in [-0.39, 0.29) is 17.2 Å². The van der Waals surface area contributed by atoms with Crippen LogP contribution in [-0.2, 0) is 10.2 Å². The number of carbonyl (C=O) groups is 1. The summed E-state index contributed by atoms with van der Waals surface area (Å²) in [5.74, 6) is 2.15. The largest absolute Gasteiger partial charge is 0.497 e. The number of ether oxygens (including phenoxy) is 1. The zero-order chi connectivity index (χ0) is 22.3. The number of likely N-dealkylation sites (tertiary alicyclic amines) is 1. The minimum atomic E-state index is 0.0719. The first-order valence-electron chi connectivity index (χ1n) is 12.0. The second kappa shape index (κ2) is 10.9. The van der Waals surface area contributed by atoms with E-state index in [9.17, 15) is 4.79 Å². The highest BCUT2D eigenvalue weighted by atomic mass is 16.5. The number of aliphatic imine (C=N–C) groups is 1. The van der Waals surface area contributed by atoms with Gasteiger partial charge in [-0.2, -0.15) is 0 Å². The van der Waals surface area contributed by atoms with Gasteiger partial charge in [-0.05, 0) is 50.3 Å². The average Bonchev–Trinajstić information content (AvgIpc) is 3.28. The van der Waals surface area contributed by atoms with Gasteiger partial charge in [0.2, 0.25) is 5.91 Å². The predicted molar refractivity (Wildman–Crippen MR) is 127 cm³/mol. The van der Waals surface area contributed by atoms with Crippen LogP contribution in [0.15, 0.2) is 29.3 Å². The first kappa shape index (κ1) is 23.4. The molecule has 1 amide bonds. The number of carbonyl (C=O) groups excluding carboxylic acids is 1. The number of piperidine rings is 1. The lowest BCUT2D eigenvalue weighted by Crippen LogP contribution is -2.50. The predicted octanol–water partition coefficient (Wildman–Crippen LogP) is 3.71. The van der Waals surface area contributed by atoms with Gasteiger partial charge in [0, 0.05) is 37.0 Å². The standard InChI is InChI=1S/C25H40N4O2/c1-5-26-24(28-21-11-15-29(16-12-21)23(30)19(2)3)27-18-25(13-6-7-14-25)20-9-8-10-22(17-20)31-4/h8-10,17,19,21H,5-7,11-16,18H2,1-4H3,(H2,26,27,28). The Labute approximate surface area is 187 Å². The van der Waals surface area contributed by atoms with Gasteiger partial charge in [-0.25, -0.2) is 0 Å². The van der Waals surface area contributed by atoms with Crippen LogP contribution in [0.5, 0.6) is 5.75 Å². The zero-order valence-electron chi connectivity index (χ0n) is 19.7. The lowest BCUT2D eigenvalue weighted by molar-refractivity contribution is -0.135. The lowest BCUT2D eigenvalue weighted by Gasteiger charge is -2.34. The van der Waals surface area contributed by atoms with Crippen molar-refractivity contribution in [2.75, 3.05) is 33.3 Å². The summed E-state index contributed by atoms with van der Waals surface area (Å²) in [6.45, 7) is 9.31. The van der Waals surface area contributed by atoms with E-state index in [2.05, 4.69) is 35.8 Å². The summed E-state index contributed by atoms with van der Waals surface area (Å²) in [5, 5.41) is 7.07. The van der Waals surface area contributed by atoms with Crippen LogP contribution in [0.2, 0.25) is 0 Å². The third-order valence-corrected chi connectivity index (χ3v) is 6.77. The molecule has 6 nitrogen and oxygen atoms in total. The van der Waals surface area contributed by atoms with E-state index < -0.39 is 0 Å². The Balaban J connectivity index is 1.66. The van der Waals surface area contributed by atoms with Crippen molar-refractivity contribution in [3.8, 4) is 5.75 Å². The van der Waals surface area contributed by atoms with Gasteiger partial charge < -0.3 is 20.3 Å². The second-order valence-electron chi connectivity index (χ2n) is 9.31. The molecular formula is C25H40N4O2. The molecule has 2 N–H and O–H groups in total. The summed E-state index contributed by atoms with van der Waals surface area (Å²) in [6, 6.07) is 8.86. The first-order valence-corrected chi connectivity index (χ1v) is 12.0. The molecular weight excluding hydrogens is 388 g/mol. The monoisotopic (exact) mass is 428 g/mol. The third-order valence-electron chi connectivity index (χ3n) is 6.77. The van der Waals surface area contributed by atoms with Crippen molar-refractivity contribution in [3.63, 3.8) is 0 Å². The number of nitrogens with one attached hydrogen (secondary N) is 2. The summed E-state index contributed by atoms with van der Waals surface area (Å²) in [5.41, 5.74) is 1.42. The molecule has 0 radical (unpaired) electrons. The van der Waals surface area contributed by atoms with Crippen molar-refractivity contribution in [2.45, 2.75) is 70.8 Å². The molecule has 6 heteroatoms. The molecule has 1 aromatic carbocycles. The average molecular weight is 429 g/mol. The van der Waals surface area contributed by atoms with Crippen LogP contribution in [0.1, 0.15) is 64.9 Å². The fraction of sp³-hybridized carbons (Fsp3) is 0.680. The van der Waals surface area contributed by atoms with Crippen molar-refractivity contribution in [2.24, 2.45) is 10.9 Å². The SMILES string of the molecule is CCNC(=NCC1(c2cccc(OC)c2)CCCC1)NC1CCN(C(=O)C(C)C)CC1. The number of rotatable bonds is 7. The molecule has 3 rings (SSSR count). The fourth-order valence-electron chi connectivity index (χ4n) is 4.90. The van der Waals surface area contributed by atoms with Crippen molar-refractivity contribution >= 4 is 11.9 Å². The topological polar surface area (TPSA) is 66.0 Å². The highest BCUT2D eigenvalue weighted by Gasteiger charge is 2.36. The van der Waals surface area contributed by atoms with Crippen LogP contribution in [0.3, 0.4) is 0 Å². The van der Waals surface area contributed by atoms with Crippen LogP contribution < -0.4 is 15.4 Å². The highest BCUT2D eigenvalue weighted by molar-refractivity contribution is 5.80. The molecule has 2 fully saturated rings. The molecule has 0 atom stereocenters. The van der Waals surface area contributed by atoms with Gasteiger partial charge in [-0.1, -0.05) is 38.8 Å². The van der Waals surface area contributed by atoms with Crippen LogP contribution >= 0.6 is 0 Å². The van der Waals surface area contributed by atoms with Crippen molar-refractivity contribution in [1.82, 2.24) is 15.5 Å². The zero-order valence-corrected chi connectivity index (χ0v) is 19.7. The quantitative estimate of drug-likeness (QED) is 0.513. The minimum Gasteiger partial charge on any atom is -0.497 e. The summed E-state index contributed by atoms with van der Waals surface area (Å²) < 4.78 is 5.48. The molecule has 1 saturated heterocycles. The molecule has 172 valence electrons. The Morgan fingerprint density at radius 3 is 2.58 bits per heavy atom. The Kier molecular flexibility index (Phi) is 8.22. The van der Waals surface area contributed by atoms with Crippen molar-refractivity contribution in [1.29, 1.82) is 0 Å². The van der Waals surface area contributed by atoms with Crippen LogP contribution in [0.25, 0.3) is 0 Å². The molecule has 2 aliphatic rings. The molecule has 1 aliphatic heterocycles. The third kappa shape index (κ3) is 5.92. The summed E-state index contributed by atoms with van der Waals surface area (Å²) in [4.78, 5) is 19.3. The van der Waals surface area contributed by atoms with Gasteiger partial charge in [0.1, 0.15) is 5.75 Å². The smallest absolute Gasteiger partial charge is 0.225 e. The molecule has 0 bridgehead atoms. The summed E-state index contributed by atoms with van der Waals surface area (Å²) >= 11 is 0. The van der Waals surface area contributed by atoms with Gasteiger partial charge >= 0.3 is 0 Å². The van der Waals surface area contributed by atoms with Crippen LogP contribution in [0.4, 0.5) is 0 Å². The Morgan fingerprint density at radius 1 is 1.26 bits per heavy atom. The van der Waals surface area contributed by atoms with Crippen LogP contribution in [-0.4, -0.2) is 56.1 Å². The minimum absolute atomic E-state index is 0.0719. The maximum Gasteiger partial charge on any atom is 0.225 e. The number of guanidine groups is 1. The highest BCUT2D eigenvalue weighted by Crippen LogP contribution is 2.42. The second-order valence-corrected chi connectivity index (χ2v) is 9.31.